The van der Waals surface area contributed by atoms with E-state index in [1.54, 1.807) is 0 Å². The minimum atomic E-state index is 0.853. The molecule has 10 aromatic rings. The van der Waals surface area contributed by atoms with E-state index in [2.05, 4.69) is 174 Å². The maximum Gasteiger partial charge on any atom is 0.137 e. The molecule has 0 fully saturated rings. The van der Waals surface area contributed by atoms with E-state index in [0.29, 0.717) is 0 Å². The Labute approximate surface area is 289 Å². The highest BCUT2D eigenvalue weighted by atomic mass is 16.3. The summed E-state index contributed by atoms with van der Waals surface area (Å²) in [6.07, 6.45) is 3.75. The molecule has 3 nitrogen and oxygen atoms in total. The smallest absolute Gasteiger partial charge is 0.137 e. The summed E-state index contributed by atoms with van der Waals surface area (Å²) in [7, 11) is 0. The fourth-order valence-corrected chi connectivity index (χ4v) is 7.52. The van der Waals surface area contributed by atoms with Crippen LogP contribution in [0.2, 0.25) is 0 Å². The molecule has 2 aromatic heterocycles. The van der Waals surface area contributed by atoms with Crippen LogP contribution in [0.1, 0.15) is 0 Å². The van der Waals surface area contributed by atoms with Gasteiger partial charge in [-0.05, 0) is 110 Å². The first-order chi connectivity index (χ1) is 24.8. The Hall–Kier alpha value is -6.71. The molecule has 2 heterocycles. The molecule has 0 spiro atoms. The number of hydrogen-bond donors (Lipinski definition) is 0. The number of rotatable bonds is 5. The zero-order chi connectivity index (χ0) is 33.0. The lowest BCUT2D eigenvalue weighted by molar-refractivity contribution is 0.669. The predicted octanol–water partition coefficient (Wildman–Crippen LogP) is 13.2. The molecule has 0 aliphatic heterocycles. The average molecular weight is 639 g/mol. The highest BCUT2D eigenvalue weighted by Crippen LogP contribution is 2.45. The molecular weight excluding hydrogens is 609 g/mol. The van der Waals surface area contributed by atoms with E-state index in [4.69, 9.17) is 4.42 Å². The topological polar surface area (TPSA) is 29.3 Å². The van der Waals surface area contributed by atoms with Gasteiger partial charge < -0.3 is 9.32 Å². The average Bonchev–Trinajstić information content (AvgIpc) is 3.55. The minimum Gasteiger partial charge on any atom is -0.456 e. The van der Waals surface area contributed by atoms with Gasteiger partial charge in [0.25, 0.3) is 0 Å². The molecular formula is C47H30N2O. The lowest BCUT2D eigenvalue weighted by Crippen LogP contribution is -2.10. The van der Waals surface area contributed by atoms with Gasteiger partial charge in [0, 0.05) is 34.5 Å². The number of benzene rings is 8. The van der Waals surface area contributed by atoms with Crippen molar-refractivity contribution in [2.75, 3.05) is 4.90 Å². The summed E-state index contributed by atoms with van der Waals surface area (Å²) in [5, 5.41) is 9.38. The molecule has 0 bridgehead atoms. The normalized spacial score (nSPS) is 11.6. The Balaban J connectivity index is 1.16. The number of pyridine rings is 1. The summed E-state index contributed by atoms with van der Waals surface area (Å²) in [6, 6.07) is 60.8. The molecule has 50 heavy (non-hydrogen) atoms. The predicted molar refractivity (Wildman–Crippen MR) is 210 cm³/mol. The van der Waals surface area contributed by atoms with Crippen LogP contribution in [0.5, 0.6) is 0 Å². The van der Waals surface area contributed by atoms with Gasteiger partial charge in [-0.25, -0.2) is 0 Å². The summed E-state index contributed by atoms with van der Waals surface area (Å²) in [6.45, 7) is 0. The zero-order valence-corrected chi connectivity index (χ0v) is 27.1. The van der Waals surface area contributed by atoms with Crippen LogP contribution in [-0.4, -0.2) is 4.98 Å². The molecule has 3 heteroatoms. The van der Waals surface area contributed by atoms with Crippen LogP contribution in [-0.2, 0) is 0 Å². The van der Waals surface area contributed by atoms with Crippen LogP contribution in [0, 0.1) is 0 Å². The molecule has 0 N–H and O–H groups in total. The second kappa shape index (κ2) is 11.5. The number of fused-ring (bicyclic) bond motifs is 7. The summed E-state index contributed by atoms with van der Waals surface area (Å²) < 4.78 is 6.51. The first-order valence-corrected chi connectivity index (χ1v) is 16.9. The van der Waals surface area contributed by atoms with Crippen LogP contribution in [0.3, 0.4) is 0 Å². The van der Waals surface area contributed by atoms with E-state index in [1.165, 1.54) is 43.8 Å². The number of nitrogens with zero attached hydrogens (tertiary/aromatic N) is 2. The van der Waals surface area contributed by atoms with Gasteiger partial charge in [0.1, 0.15) is 11.2 Å². The number of furan rings is 1. The molecule has 0 aliphatic rings. The third-order valence-electron chi connectivity index (χ3n) is 9.91. The Kier molecular flexibility index (Phi) is 6.49. The Bertz CT molecular complexity index is 2850. The number of aromatic nitrogens is 1. The lowest BCUT2D eigenvalue weighted by atomic mass is 9.93. The van der Waals surface area contributed by atoms with Gasteiger partial charge in [-0.1, -0.05) is 109 Å². The first kappa shape index (κ1) is 28.3. The van der Waals surface area contributed by atoms with Crippen LogP contribution in [0.15, 0.2) is 187 Å². The maximum atomic E-state index is 6.51. The van der Waals surface area contributed by atoms with E-state index in [9.17, 15) is 0 Å². The van der Waals surface area contributed by atoms with Crippen LogP contribution in [0.25, 0.3) is 76.5 Å². The number of hydrogen-bond acceptors (Lipinski definition) is 3. The van der Waals surface area contributed by atoms with Gasteiger partial charge in [-0.15, -0.1) is 0 Å². The molecule has 0 amide bonds. The highest BCUT2D eigenvalue weighted by Gasteiger charge is 2.20. The van der Waals surface area contributed by atoms with E-state index in [-0.39, 0.29) is 0 Å². The van der Waals surface area contributed by atoms with Gasteiger partial charge in [0.15, 0.2) is 0 Å². The molecule has 0 saturated carbocycles. The van der Waals surface area contributed by atoms with Crippen LogP contribution >= 0.6 is 0 Å². The van der Waals surface area contributed by atoms with Crippen LogP contribution in [0.4, 0.5) is 17.1 Å². The summed E-state index contributed by atoms with van der Waals surface area (Å²) >= 11 is 0. The minimum absolute atomic E-state index is 0.853. The maximum absolute atomic E-state index is 6.51. The molecule has 0 saturated heterocycles. The second-order valence-corrected chi connectivity index (χ2v) is 12.8. The van der Waals surface area contributed by atoms with Crippen molar-refractivity contribution < 1.29 is 4.42 Å². The summed E-state index contributed by atoms with van der Waals surface area (Å²) in [5.41, 5.74) is 9.69. The quantitative estimate of drug-likeness (QED) is 0.176. The first-order valence-electron chi connectivity index (χ1n) is 16.9. The van der Waals surface area contributed by atoms with E-state index in [1.807, 2.05) is 18.5 Å². The Morgan fingerprint density at radius 3 is 1.90 bits per heavy atom. The van der Waals surface area contributed by atoms with Gasteiger partial charge in [-0.2, -0.15) is 0 Å². The fraction of sp³-hybridized carbons (Fsp3) is 0. The van der Waals surface area contributed by atoms with Crippen molar-refractivity contribution in [1.29, 1.82) is 0 Å². The Morgan fingerprint density at radius 1 is 0.420 bits per heavy atom. The molecule has 0 aliphatic carbocycles. The van der Waals surface area contributed by atoms with Crippen LogP contribution < -0.4 is 4.90 Å². The van der Waals surface area contributed by atoms with Crippen molar-refractivity contribution in [1.82, 2.24) is 4.98 Å². The largest absolute Gasteiger partial charge is 0.456 e. The molecule has 10 rings (SSSR count). The van der Waals surface area contributed by atoms with Gasteiger partial charge in [-0.3, -0.25) is 4.98 Å². The van der Waals surface area contributed by atoms with E-state index < -0.39 is 0 Å². The number of anilines is 3. The lowest BCUT2D eigenvalue weighted by Gasteiger charge is -2.27. The van der Waals surface area contributed by atoms with Gasteiger partial charge >= 0.3 is 0 Å². The highest BCUT2D eigenvalue weighted by molar-refractivity contribution is 6.17. The summed E-state index contributed by atoms with van der Waals surface area (Å²) in [5.74, 6) is 0. The van der Waals surface area contributed by atoms with Crippen molar-refractivity contribution in [2.45, 2.75) is 0 Å². The zero-order valence-electron chi connectivity index (χ0n) is 27.1. The van der Waals surface area contributed by atoms with E-state index in [0.717, 1.165) is 49.8 Å². The third-order valence-corrected chi connectivity index (χ3v) is 9.91. The van der Waals surface area contributed by atoms with Crippen molar-refractivity contribution in [2.24, 2.45) is 0 Å². The second-order valence-electron chi connectivity index (χ2n) is 12.8. The van der Waals surface area contributed by atoms with Crippen molar-refractivity contribution in [3.8, 4) is 22.3 Å². The molecule has 8 aromatic carbocycles. The van der Waals surface area contributed by atoms with Gasteiger partial charge in [0.05, 0.1) is 11.1 Å². The third kappa shape index (κ3) is 4.63. The molecule has 234 valence electrons. The fourth-order valence-electron chi connectivity index (χ4n) is 7.52. The van der Waals surface area contributed by atoms with Crippen molar-refractivity contribution in [3.63, 3.8) is 0 Å². The molecule has 0 atom stereocenters. The van der Waals surface area contributed by atoms with Gasteiger partial charge in [0.2, 0.25) is 0 Å². The summed E-state index contributed by atoms with van der Waals surface area (Å²) in [4.78, 5) is 6.75. The van der Waals surface area contributed by atoms with Crippen molar-refractivity contribution >= 4 is 71.3 Å². The van der Waals surface area contributed by atoms with Crippen molar-refractivity contribution in [3.05, 3.63) is 182 Å². The monoisotopic (exact) mass is 638 g/mol. The molecule has 0 radical (unpaired) electrons. The standard InChI is InChI=1S/C47H30N2O/c1-2-9-31(10-3-1)32-17-21-37(22-18-32)49(44-15-8-16-45-47(44)43-28-36-30-48-26-25-34(36)29-46(43)50-45)38-23-19-33(20-24-38)42-27-35-11-4-5-12-39(35)40-13-6-7-14-41(40)42/h1-30H. The SMILES string of the molecule is c1ccc(-c2ccc(N(c3ccc(-c4cc5ccccc5c5ccccc45)cc3)c3cccc4oc5cc6ccncc6cc5c34)cc2)cc1. The Morgan fingerprint density at radius 2 is 1.10 bits per heavy atom. The molecule has 0 unspecified atom stereocenters. The van der Waals surface area contributed by atoms with E-state index >= 15 is 0 Å².